The molecule has 0 bridgehead atoms. The highest BCUT2D eigenvalue weighted by atomic mass is 79.9. The van der Waals surface area contributed by atoms with Gasteiger partial charge in [-0.3, -0.25) is 0 Å². The normalized spacial score (nSPS) is 12.5. The van der Waals surface area contributed by atoms with Crippen molar-refractivity contribution in [3.63, 3.8) is 0 Å². The molecule has 0 aromatic heterocycles. The molecule has 0 amide bonds. The highest BCUT2D eigenvalue weighted by molar-refractivity contribution is 9.10. The lowest BCUT2D eigenvalue weighted by Crippen LogP contribution is -2.38. The molecule has 1 atom stereocenters. The molecule has 0 saturated carbocycles. The van der Waals surface area contributed by atoms with Gasteiger partial charge in [-0.2, -0.15) is 0 Å². The summed E-state index contributed by atoms with van der Waals surface area (Å²) in [5.74, 6) is 0. The molecule has 3 rings (SSSR count). The Bertz CT molecular complexity index is 822. The summed E-state index contributed by atoms with van der Waals surface area (Å²) in [4.78, 5) is 4.77. The molecule has 3 aromatic rings. The van der Waals surface area contributed by atoms with E-state index in [0.29, 0.717) is 6.04 Å². The van der Waals surface area contributed by atoms with Gasteiger partial charge in [0.1, 0.15) is 0 Å². The van der Waals surface area contributed by atoms with Gasteiger partial charge in [-0.25, -0.2) is 0 Å². The van der Waals surface area contributed by atoms with Gasteiger partial charge in [-0.15, -0.1) is 0 Å². The van der Waals surface area contributed by atoms with Crippen LogP contribution in [0.2, 0.25) is 0 Å². The predicted molar refractivity (Wildman–Crippen MR) is 112 cm³/mol. The third-order valence-electron chi connectivity index (χ3n) is 4.76. The standard InChI is InChI=1S/C22H25BrN2/c1-17(24(2)3)15-25(16-18-11-13-20(23)14-12-18)22-10-6-8-19-7-4-5-9-21(19)22/h4-14,17H,15-16H2,1-3H3. The number of likely N-dealkylation sites (N-methyl/N-ethyl adjacent to an activating group) is 1. The van der Waals surface area contributed by atoms with Crippen LogP contribution in [0.5, 0.6) is 0 Å². The number of benzene rings is 3. The van der Waals surface area contributed by atoms with Crippen LogP contribution in [0.25, 0.3) is 10.8 Å². The lowest BCUT2D eigenvalue weighted by molar-refractivity contribution is 0.314. The van der Waals surface area contributed by atoms with Crippen molar-refractivity contribution in [1.82, 2.24) is 4.90 Å². The van der Waals surface area contributed by atoms with E-state index in [1.165, 1.54) is 22.0 Å². The molecule has 0 aliphatic carbocycles. The Kier molecular flexibility index (Phi) is 5.77. The van der Waals surface area contributed by atoms with Gasteiger partial charge < -0.3 is 9.80 Å². The van der Waals surface area contributed by atoms with Gasteiger partial charge in [0.15, 0.2) is 0 Å². The first-order valence-electron chi connectivity index (χ1n) is 8.68. The summed E-state index contributed by atoms with van der Waals surface area (Å²) in [6, 6.07) is 24.3. The summed E-state index contributed by atoms with van der Waals surface area (Å²) in [6.07, 6.45) is 0. The number of halogens is 1. The van der Waals surface area contributed by atoms with Gasteiger partial charge in [-0.05, 0) is 50.2 Å². The first-order valence-corrected chi connectivity index (χ1v) is 9.47. The third-order valence-corrected chi connectivity index (χ3v) is 5.29. The highest BCUT2D eigenvalue weighted by Gasteiger charge is 2.15. The molecule has 130 valence electrons. The van der Waals surface area contributed by atoms with Gasteiger partial charge in [0.05, 0.1) is 0 Å². The Morgan fingerprint density at radius 3 is 2.28 bits per heavy atom. The quantitative estimate of drug-likeness (QED) is 0.537. The Morgan fingerprint density at radius 2 is 1.56 bits per heavy atom. The molecule has 0 fully saturated rings. The highest BCUT2D eigenvalue weighted by Crippen LogP contribution is 2.28. The SMILES string of the molecule is CC(CN(Cc1ccc(Br)cc1)c1cccc2ccccc12)N(C)C. The van der Waals surface area contributed by atoms with E-state index in [1.54, 1.807) is 0 Å². The summed E-state index contributed by atoms with van der Waals surface area (Å²) >= 11 is 3.53. The smallest absolute Gasteiger partial charge is 0.0449 e. The molecular formula is C22H25BrN2. The largest absolute Gasteiger partial charge is 0.365 e. The second kappa shape index (κ2) is 8.03. The van der Waals surface area contributed by atoms with Crippen molar-refractivity contribution in [3.05, 3.63) is 76.8 Å². The Balaban J connectivity index is 1.98. The molecule has 0 aliphatic heterocycles. The summed E-state index contributed by atoms with van der Waals surface area (Å²) in [7, 11) is 4.29. The monoisotopic (exact) mass is 396 g/mol. The molecule has 0 radical (unpaired) electrons. The fraction of sp³-hybridized carbons (Fsp3) is 0.273. The van der Waals surface area contributed by atoms with Crippen LogP contribution in [0, 0.1) is 0 Å². The minimum atomic E-state index is 0.467. The van der Waals surface area contributed by atoms with Gasteiger partial charge in [0.25, 0.3) is 0 Å². The zero-order chi connectivity index (χ0) is 17.8. The number of hydrogen-bond donors (Lipinski definition) is 0. The van der Waals surface area contributed by atoms with Crippen molar-refractivity contribution in [3.8, 4) is 0 Å². The minimum absolute atomic E-state index is 0.467. The Morgan fingerprint density at radius 1 is 0.880 bits per heavy atom. The van der Waals surface area contributed by atoms with E-state index in [2.05, 4.69) is 113 Å². The molecule has 0 aliphatic rings. The maximum Gasteiger partial charge on any atom is 0.0449 e. The van der Waals surface area contributed by atoms with Crippen LogP contribution >= 0.6 is 15.9 Å². The molecule has 3 aromatic carbocycles. The van der Waals surface area contributed by atoms with Crippen LogP contribution in [0.15, 0.2) is 71.2 Å². The second-order valence-electron chi connectivity index (χ2n) is 6.82. The predicted octanol–water partition coefficient (Wildman–Crippen LogP) is 5.56. The number of nitrogens with zero attached hydrogens (tertiary/aromatic N) is 2. The molecular weight excluding hydrogens is 372 g/mol. The molecule has 1 unspecified atom stereocenters. The fourth-order valence-corrected chi connectivity index (χ4v) is 3.29. The van der Waals surface area contributed by atoms with Crippen LogP contribution in [0.1, 0.15) is 12.5 Å². The van der Waals surface area contributed by atoms with E-state index < -0.39 is 0 Å². The Labute approximate surface area is 159 Å². The first-order chi connectivity index (χ1) is 12.0. The molecule has 0 spiro atoms. The molecule has 0 heterocycles. The number of hydrogen-bond acceptors (Lipinski definition) is 2. The van der Waals surface area contributed by atoms with Crippen molar-refractivity contribution in [2.45, 2.75) is 19.5 Å². The summed E-state index contributed by atoms with van der Waals surface area (Å²) < 4.78 is 1.12. The average Bonchev–Trinajstić information content (AvgIpc) is 2.62. The first kappa shape index (κ1) is 18.0. The van der Waals surface area contributed by atoms with Crippen molar-refractivity contribution in [2.75, 3.05) is 25.5 Å². The second-order valence-corrected chi connectivity index (χ2v) is 7.73. The lowest BCUT2D eigenvalue weighted by Gasteiger charge is -2.32. The van der Waals surface area contributed by atoms with E-state index in [-0.39, 0.29) is 0 Å². The summed E-state index contributed by atoms with van der Waals surface area (Å²) in [5.41, 5.74) is 2.62. The molecule has 0 N–H and O–H groups in total. The van der Waals surface area contributed by atoms with E-state index >= 15 is 0 Å². The van der Waals surface area contributed by atoms with E-state index in [1.807, 2.05) is 0 Å². The summed E-state index contributed by atoms with van der Waals surface area (Å²) in [5, 5.41) is 2.60. The van der Waals surface area contributed by atoms with E-state index in [0.717, 1.165) is 17.6 Å². The number of anilines is 1. The molecule has 25 heavy (non-hydrogen) atoms. The fourth-order valence-electron chi connectivity index (χ4n) is 3.02. The van der Waals surface area contributed by atoms with Gasteiger partial charge in [-0.1, -0.05) is 64.5 Å². The zero-order valence-corrected chi connectivity index (χ0v) is 16.7. The van der Waals surface area contributed by atoms with E-state index in [9.17, 15) is 0 Å². The third kappa shape index (κ3) is 4.42. The Hall–Kier alpha value is -1.84. The van der Waals surface area contributed by atoms with Crippen LogP contribution < -0.4 is 4.90 Å². The van der Waals surface area contributed by atoms with Crippen LogP contribution in [0.3, 0.4) is 0 Å². The topological polar surface area (TPSA) is 6.48 Å². The van der Waals surface area contributed by atoms with Crippen molar-refractivity contribution in [1.29, 1.82) is 0 Å². The van der Waals surface area contributed by atoms with Gasteiger partial charge in [0, 0.05) is 34.7 Å². The van der Waals surface area contributed by atoms with Crippen molar-refractivity contribution >= 4 is 32.4 Å². The molecule has 3 heteroatoms. The van der Waals surface area contributed by atoms with Crippen LogP contribution in [-0.4, -0.2) is 31.6 Å². The molecule has 0 saturated heterocycles. The van der Waals surface area contributed by atoms with E-state index in [4.69, 9.17) is 0 Å². The zero-order valence-electron chi connectivity index (χ0n) is 15.1. The number of fused-ring (bicyclic) bond motifs is 1. The average molecular weight is 397 g/mol. The molecule has 2 nitrogen and oxygen atoms in total. The van der Waals surface area contributed by atoms with Gasteiger partial charge in [0.2, 0.25) is 0 Å². The maximum atomic E-state index is 3.53. The van der Waals surface area contributed by atoms with Crippen LogP contribution in [-0.2, 0) is 6.54 Å². The van der Waals surface area contributed by atoms with Crippen LogP contribution in [0.4, 0.5) is 5.69 Å². The number of rotatable bonds is 6. The van der Waals surface area contributed by atoms with Gasteiger partial charge >= 0.3 is 0 Å². The van der Waals surface area contributed by atoms with Crippen molar-refractivity contribution in [2.24, 2.45) is 0 Å². The van der Waals surface area contributed by atoms with Crippen molar-refractivity contribution < 1.29 is 0 Å². The summed E-state index contributed by atoms with van der Waals surface area (Å²) in [6.45, 7) is 4.16. The maximum absolute atomic E-state index is 3.53. The lowest BCUT2D eigenvalue weighted by atomic mass is 10.1. The minimum Gasteiger partial charge on any atom is -0.365 e.